The van der Waals surface area contributed by atoms with Crippen LogP contribution in [-0.4, -0.2) is 66.2 Å². The summed E-state index contributed by atoms with van der Waals surface area (Å²) in [5.41, 5.74) is 5.35. The van der Waals surface area contributed by atoms with E-state index in [9.17, 15) is 29.4 Å². The number of carbonyl (C=O) groups excluding carboxylic acids is 4. The van der Waals surface area contributed by atoms with Crippen LogP contribution in [0.5, 0.6) is 11.5 Å². The Morgan fingerprint density at radius 3 is 1.29 bits per heavy atom. The summed E-state index contributed by atoms with van der Waals surface area (Å²) >= 11 is 2.07. The first kappa shape index (κ1) is 38.5. The van der Waals surface area contributed by atoms with Gasteiger partial charge in [0.25, 0.3) is 10.5 Å². The van der Waals surface area contributed by atoms with E-state index in [0.717, 1.165) is 68.7 Å². The summed E-state index contributed by atoms with van der Waals surface area (Å²) < 4.78 is 11.4. The number of carbonyl (C=O) groups is 4. The van der Waals surface area contributed by atoms with Crippen LogP contribution < -0.4 is 20.1 Å². The van der Waals surface area contributed by atoms with Crippen molar-refractivity contribution in [2.24, 2.45) is 0 Å². The Morgan fingerprint density at radius 2 is 1.00 bits per heavy atom. The molecule has 12 nitrogen and oxygen atoms in total. The Morgan fingerprint density at radius 1 is 0.615 bits per heavy atom. The maximum absolute atomic E-state index is 11.6. The minimum atomic E-state index is -0.516. The van der Waals surface area contributed by atoms with E-state index >= 15 is 0 Å². The maximum atomic E-state index is 11.6. The molecule has 4 N–H and O–H groups in total. The molecule has 4 heterocycles. The Balaban J connectivity index is 0.000000201. The van der Waals surface area contributed by atoms with Crippen molar-refractivity contribution in [2.45, 2.75) is 62.2 Å². The number of hydrogen-bond donors (Lipinski definition) is 4. The number of hydrogen-bond acceptors (Lipinski definition) is 12. The van der Waals surface area contributed by atoms with Gasteiger partial charge < -0.3 is 19.7 Å². The number of ether oxygens (including phenoxy) is 2. The fourth-order valence-electron chi connectivity index (χ4n) is 5.14. The van der Waals surface area contributed by atoms with Crippen LogP contribution in [0.15, 0.2) is 85.2 Å². The summed E-state index contributed by atoms with van der Waals surface area (Å²) in [6.07, 6.45) is 4.69. The minimum Gasteiger partial charge on any atom is -0.493 e. The first-order valence-electron chi connectivity index (χ1n) is 16.7. The van der Waals surface area contributed by atoms with E-state index in [1.165, 1.54) is 0 Å². The Kier molecular flexibility index (Phi) is 13.8. The third-order valence-electron chi connectivity index (χ3n) is 8.14. The molecule has 6 rings (SSSR count). The molecule has 4 aromatic rings. The van der Waals surface area contributed by atoms with Crippen LogP contribution in [0.1, 0.15) is 59.7 Å². The molecule has 0 aliphatic carbocycles. The largest absolute Gasteiger partial charge is 0.493 e. The Labute approximate surface area is 310 Å². The summed E-state index contributed by atoms with van der Waals surface area (Å²) in [6.45, 7) is 4.41. The van der Waals surface area contributed by atoms with Crippen molar-refractivity contribution in [3.8, 4) is 11.5 Å². The number of thioether (sulfide) groups is 2. The zero-order valence-corrected chi connectivity index (χ0v) is 30.3. The molecule has 272 valence electrons. The van der Waals surface area contributed by atoms with Crippen LogP contribution in [0, 0.1) is 0 Å². The van der Waals surface area contributed by atoms with Crippen molar-refractivity contribution in [2.75, 3.05) is 13.2 Å². The highest BCUT2D eigenvalue weighted by Crippen LogP contribution is 2.25. The van der Waals surface area contributed by atoms with Crippen molar-refractivity contribution in [3.05, 3.63) is 119 Å². The van der Waals surface area contributed by atoms with E-state index in [-0.39, 0.29) is 32.8 Å². The van der Waals surface area contributed by atoms with Gasteiger partial charge in [-0.05, 0) is 85.3 Å². The second-order valence-corrected chi connectivity index (χ2v) is 14.5. The monoisotopic (exact) mass is 744 g/mol. The highest BCUT2D eigenvalue weighted by atomic mass is 32.2. The average Bonchev–Trinajstić information content (AvgIpc) is 3.63. The predicted octanol–water partition coefficient (Wildman–Crippen LogP) is 5.30. The van der Waals surface area contributed by atoms with Gasteiger partial charge in [0.1, 0.15) is 11.5 Å². The van der Waals surface area contributed by atoms with Crippen molar-refractivity contribution in [3.63, 3.8) is 0 Å². The van der Waals surface area contributed by atoms with Crippen LogP contribution in [0.2, 0.25) is 0 Å². The standard InChI is InChI=1S/2C19H20N2O4S/c2*1-12(22)14-4-5-15(20-11-14)8-9-25-16-6-2-13(3-7-16)10-17-18(23)21-19(24)26-17/h2*2-7,11-12,17,22H,8-10H2,1H3,(H,21,23,24)/t12-,17+;12-,17-/m00/s1. The molecule has 2 aliphatic heterocycles. The van der Waals surface area contributed by atoms with E-state index in [1.54, 1.807) is 26.2 Å². The lowest BCUT2D eigenvalue weighted by atomic mass is 10.1. The number of nitrogens with one attached hydrogen (secondary N) is 2. The zero-order valence-electron chi connectivity index (χ0n) is 28.7. The number of nitrogens with zero attached hydrogens (tertiary/aromatic N) is 2. The lowest BCUT2D eigenvalue weighted by Gasteiger charge is -2.09. The Hall–Kier alpha value is -4.76. The molecule has 2 aromatic heterocycles. The number of imide groups is 2. The predicted molar refractivity (Wildman–Crippen MR) is 198 cm³/mol. The second-order valence-electron chi connectivity index (χ2n) is 12.2. The molecule has 2 saturated heterocycles. The number of rotatable bonds is 14. The van der Waals surface area contributed by atoms with Gasteiger partial charge in [-0.25, -0.2) is 0 Å². The zero-order chi connectivity index (χ0) is 37.0. The Bertz CT molecular complexity index is 1690. The van der Waals surface area contributed by atoms with Gasteiger partial charge in [-0.3, -0.25) is 39.8 Å². The van der Waals surface area contributed by atoms with Gasteiger partial charge in [0, 0.05) is 36.6 Å². The van der Waals surface area contributed by atoms with Crippen molar-refractivity contribution < 1.29 is 38.9 Å². The van der Waals surface area contributed by atoms with Crippen LogP contribution in [0.3, 0.4) is 0 Å². The number of aliphatic hydroxyl groups excluding tert-OH is 2. The number of pyridine rings is 2. The van der Waals surface area contributed by atoms with Gasteiger partial charge in [-0.1, -0.05) is 59.9 Å². The fraction of sp³-hybridized carbons (Fsp3) is 0.316. The van der Waals surface area contributed by atoms with Crippen LogP contribution >= 0.6 is 23.5 Å². The van der Waals surface area contributed by atoms with Crippen LogP contribution in [-0.2, 0) is 35.3 Å². The van der Waals surface area contributed by atoms with Crippen LogP contribution in [0.4, 0.5) is 9.59 Å². The number of amides is 4. The molecule has 14 heteroatoms. The van der Waals surface area contributed by atoms with Gasteiger partial charge in [0.15, 0.2) is 0 Å². The van der Waals surface area contributed by atoms with Gasteiger partial charge >= 0.3 is 0 Å². The van der Waals surface area contributed by atoms with Gasteiger partial charge in [0.05, 0.1) is 35.9 Å². The molecule has 52 heavy (non-hydrogen) atoms. The lowest BCUT2D eigenvalue weighted by Crippen LogP contribution is -2.25. The first-order chi connectivity index (χ1) is 25.0. The number of benzene rings is 2. The molecule has 0 unspecified atom stereocenters. The van der Waals surface area contributed by atoms with E-state index in [1.807, 2.05) is 72.8 Å². The highest BCUT2D eigenvalue weighted by Gasteiger charge is 2.32. The summed E-state index contributed by atoms with van der Waals surface area (Å²) in [4.78, 5) is 54.2. The normalized spacial score (nSPS) is 17.8. The molecule has 2 aromatic carbocycles. The summed E-state index contributed by atoms with van der Waals surface area (Å²) in [5, 5.41) is 22.3. The van der Waals surface area contributed by atoms with Crippen LogP contribution in [0.25, 0.3) is 0 Å². The molecular weight excluding hydrogens is 705 g/mol. The van der Waals surface area contributed by atoms with Crippen molar-refractivity contribution in [1.82, 2.24) is 20.6 Å². The summed E-state index contributed by atoms with van der Waals surface area (Å²) in [6, 6.07) is 22.6. The molecule has 0 radical (unpaired) electrons. The van der Waals surface area contributed by atoms with E-state index in [0.29, 0.717) is 38.9 Å². The molecule has 4 amide bonds. The van der Waals surface area contributed by atoms with E-state index < -0.39 is 12.2 Å². The summed E-state index contributed by atoms with van der Waals surface area (Å²) in [7, 11) is 0. The minimum absolute atomic E-state index is 0.227. The van der Waals surface area contributed by atoms with Crippen molar-refractivity contribution in [1.29, 1.82) is 0 Å². The molecule has 0 spiro atoms. The summed E-state index contributed by atoms with van der Waals surface area (Å²) in [5.74, 6) is 1.03. The fourth-order valence-corrected chi connectivity index (χ4v) is 6.86. The molecule has 2 fully saturated rings. The van der Waals surface area contributed by atoms with Crippen molar-refractivity contribution >= 4 is 45.8 Å². The smallest absolute Gasteiger partial charge is 0.286 e. The average molecular weight is 745 g/mol. The quantitative estimate of drug-likeness (QED) is 0.131. The third-order valence-corrected chi connectivity index (χ3v) is 10.1. The molecule has 4 atom stereocenters. The molecule has 0 saturated carbocycles. The van der Waals surface area contributed by atoms with Gasteiger partial charge in [-0.2, -0.15) is 0 Å². The second kappa shape index (κ2) is 18.6. The highest BCUT2D eigenvalue weighted by molar-refractivity contribution is 8.15. The third kappa shape index (κ3) is 11.6. The molecular formula is C38H40N4O8S2. The maximum Gasteiger partial charge on any atom is 0.286 e. The van der Waals surface area contributed by atoms with E-state index in [2.05, 4.69) is 20.6 Å². The molecule has 2 aliphatic rings. The SMILES string of the molecule is C[C@H](O)c1ccc(CCOc2ccc(C[C@@H]3SC(=O)NC3=O)cc2)nc1.C[C@H](O)c1ccc(CCOc2ccc(C[C@H]3SC(=O)NC3=O)cc2)nc1. The molecule has 0 bridgehead atoms. The first-order valence-corrected chi connectivity index (χ1v) is 18.5. The van der Waals surface area contributed by atoms with Gasteiger partial charge in [0.2, 0.25) is 11.8 Å². The van der Waals surface area contributed by atoms with E-state index in [4.69, 9.17) is 9.47 Å². The lowest BCUT2D eigenvalue weighted by molar-refractivity contribution is -0.119. The van der Waals surface area contributed by atoms with Gasteiger partial charge in [-0.15, -0.1) is 0 Å². The topological polar surface area (TPSA) is 177 Å². The number of aromatic nitrogens is 2. The number of aliphatic hydroxyl groups is 2.